The van der Waals surface area contributed by atoms with E-state index in [1.54, 1.807) is 18.4 Å². The Morgan fingerprint density at radius 3 is 2.33 bits per heavy atom. The summed E-state index contributed by atoms with van der Waals surface area (Å²) in [6, 6.07) is 30.0. The van der Waals surface area contributed by atoms with Crippen molar-refractivity contribution in [3.8, 4) is 11.1 Å². The third-order valence-electron chi connectivity index (χ3n) is 6.97. The van der Waals surface area contributed by atoms with Gasteiger partial charge in [0, 0.05) is 18.8 Å². The summed E-state index contributed by atoms with van der Waals surface area (Å²) in [7, 11) is -1.84. The maximum Gasteiger partial charge on any atom is 0.249 e. The van der Waals surface area contributed by atoms with E-state index >= 15 is 0 Å². The number of sulfonamides is 1. The second-order valence-electron chi connectivity index (χ2n) is 9.81. The fourth-order valence-corrected chi connectivity index (χ4v) is 7.93. The molecule has 208 valence electrons. The summed E-state index contributed by atoms with van der Waals surface area (Å²) in [5, 5.41) is 2.33. The Morgan fingerprint density at radius 2 is 1.65 bits per heavy atom. The Kier molecular flexibility index (Phi) is 9.06. The largest absolute Gasteiger partial charge is 0.468 e. The van der Waals surface area contributed by atoms with Gasteiger partial charge in [-0.05, 0) is 54.4 Å². The second-order valence-corrected chi connectivity index (χ2v) is 12.9. The maximum atomic E-state index is 13.6. The predicted molar refractivity (Wildman–Crippen MR) is 159 cm³/mol. The first-order valence-electron chi connectivity index (χ1n) is 13.3. The van der Waals surface area contributed by atoms with Crippen LogP contribution in [0.1, 0.15) is 23.8 Å². The van der Waals surface area contributed by atoms with E-state index in [-0.39, 0.29) is 23.4 Å². The standard InChI is InChI=1S/C31H33N3O4S2/c1-33(23-27-13-8-21-38-27)19-18-29(26-11-6-3-7-12-26)32-30(35)31-34(20-22-39-31)40(36,37)28-16-14-25(15-17-28)24-9-4-2-5-10-24/h2-17,21,29,31H,18-20,22-23H2,1H3,(H,32,35)/t29-,31-/m0/s1. The molecule has 0 unspecified atom stereocenters. The van der Waals surface area contributed by atoms with E-state index in [2.05, 4.69) is 10.2 Å². The van der Waals surface area contributed by atoms with Gasteiger partial charge in [0.1, 0.15) is 11.1 Å². The molecule has 9 heteroatoms. The number of hydrogen-bond acceptors (Lipinski definition) is 6. The van der Waals surface area contributed by atoms with Crippen LogP contribution in [-0.4, -0.2) is 54.8 Å². The minimum absolute atomic E-state index is 0.187. The zero-order valence-corrected chi connectivity index (χ0v) is 24.0. The molecule has 2 heterocycles. The monoisotopic (exact) mass is 575 g/mol. The van der Waals surface area contributed by atoms with Gasteiger partial charge in [0.05, 0.1) is 23.7 Å². The Bertz CT molecular complexity index is 1480. The van der Waals surface area contributed by atoms with Gasteiger partial charge < -0.3 is 9.73 Å². The van der Waals surface area contributed by atoms with Crippen molar-refractivity contribution < 1.29 is 17.6 Å². The topological polar surface area (TPSA) is 82.9 Å². The fourth-order valence-electron chi connectivity index (χ4n) is 4.84. The Balaban J connectivity index is 1.29. The summed E-state index contributed by atoms with van der Waals surface area (Å²) in [6.07, 6.45) is 2.32. The lowest BCUT2D eigenvalue weighted by atomic mass is 10.0. The van der Waals surface area contributed by atoms with Gasteiger partial charge in [0.15, 0.2) is 0 Å². The van der Waals surface area contributed by atoms with Gasteiger partial charge >= 0.3 is 0 Å². The van der Waals surface area contributed by atoms with Crippen LogP contribution < -0.4 is 5.32 Å². The minimum atomic E-state index is -3.85. The Morgan fingerprint density at radius 1 is 0.975 bits per heavy atom. The molecule has 0 saturated carbocycles. The average molecular weight is 576 g/mol. The lowest BCUT2D eigenvalue weighted by Gasteiger charge is -2.27. The summed E-state index contributed by atoms with van der Waals surface area (Å²) in [4.78, 5) is 15.9. The molecule has 1 aromatic heterocycles. The maximum absolute atomic E-state index is 13.6. The first-order chi connectivity index (χ1) is 19.4. The summed E-state index contributed by atoms with van der Waals surface area (Å²) in [5.74, 6) is 1.14. The van der Waals surface area contributed by atoms with E-state index in [0.717, 1.165) is 22.5 Å². The highest BCUT2D eigenvalue weighted by atomic mass is 32.2. The van der Waals surface area contributed by atoms with Gasteiger partial charge in [-0.3, -0.25) is 9.69 Å². The summed E-state index contributed by atoms with van der Waals surface area (Å²) in [6.45, 7) is 1.66. The SMILES string of the molecule is CN(CC[C@H](NC(=O)[C@@H]1SCCN1S(=O)(=O)c1ccc(-c2ccccc2)cc1)c1ccccc1)Cc1ccco1. The third kappa shape index (κ3) is 6.67. The molecule has 1 aliphatic rings. The van der Waals surface area contributed by atoms with Crippen molar-refractivity contribution in [2.75, 3.05) is 25.9 Å². The smallest absolute Gasteiger partial charge is 0.249 e. The lowest BCUT2D eigenvalue weighted by Crippen LogP contribution is -2.46. The molecule has 1 N–H and O–H groups in total. The number of furan rings is 1. The van der Waals surface area contributed by atoms with Crippen LogP contribution in [0.25, 0.3) is 11.1 Å². The number of nitrogens with zero attached hydrogens (tertiary/aromatic N) is 2. The number of carbonyl (C=O) groups excluding carboxylic acids is 1. The highest BCUT2D eigenvalue weighted by Gasteiger charge is 2.40. The van der Waals surface area contributed by atoms with Gasteiger partial charge in [0.2, 0.25) is 15.9 Å². The van der Waals surface area contributed by atoms with Gasteiger partial charge in [-0.15, -0.1) is 11.8 Å². The van der Waals surface area contributed by atoms with Crippen LogP contribution in [0.15, 0.2) is 113 Å². The number of thioether (sulfide) groups is 1. The quantitative estimate of drug-likeness (QED) is 0.258. The summed E-state index contributed by atoms with van der Waals surface area (Å²) < 4.78 is 34.1. The van der Waals surface area contributed by atoms with Crippen LogP contribution in [-0.2, 0) is 21.4 Å². The number of rotatable bonds is 11. The van der Waals surface area contributed by atoms with Crippen molar-refractivity contribution in [2.45, 2.75) is 29.3 Å². The number of nitrogens with one attached hydrogen (secondary N) is 1. The van der Waals surface area contributed by atoms with Crippen molar-refractivity contribution in [3.05, 3.63) is 115 Å². The average Bonchev–Trinajstić information content (AvgIpc) is 3.69. The van der Waals surface area contributed by atoms with Gasteiger partial charge in [-0.2, -0.15) is 4.31 Å². The first kappa shape index (κ1) is 28.2. The Labute approximate surface area is 240 Å². The number of carbonyl (C=O) groups is 1. The van der Waals surface area contributed by atoms with Gasteiger partial charge in [-0.25, -0.2) is 8.42 Å². The number of hydrogen-bond donors (Lipinski definition) is 1. The molecule has 1 fully saturated rings. The van der Waals surface area contributed by atoms with Crippen molar-refractivity contribution in [2.24, 2.45) is 0 Å². The zero-order valence-electron chi connectivity index (χ0n) is 22.3. The molecule has 5 rings (SSSR count). The molecule has 0 bridgehead atoms. The molecule has 4 aromatic rings. The first-order valence-corrected chi connectivity index (χ1v) is 15.8. The highest BCUT2D eigenvalue weighted by Crippen LogP contribution is 2.32. The number of amides is 1. The van der Waals surface area contributed by atoms with E-state index in [1.165, 1.54) is 16.1 Å². The lowest BCUT2D eigenvalue weighted by molar-refractivity contribution is -0.123. The molecule has 40 heavy (non-hydrogen) atoms. The van der Waals surface area contributed by atoms with Gasteiger partial charge in [0.25, 0.3) is 0 Å². The van der Waals surface area contributed by atoms with E-state index in [9.17, 15) is 13.2 Å². The zero-order chi connectivity index (χ0) is 28.0. The summed E-state index contributed by atoms with van der Waals surface area (Å²) >= 11 is 1.36. The van der Waals surface area contributed by atoms with Crippen LogP contribution in [0.4, 0.5) is 0 Å². The molecular weight excluding hydrogens is 542 g/mol. The molecular formula is C31H33N3O4S2. The Hall–Kier alpha value is -3.37. The highest BCUT2D eigenvalue weighted by molar-refractivity contribution is 8.02. The van der Waals surface area contributed by atoms with Crippen molar-refractivity contribution in [1.82, 2.24) is 14.5 Å². The van der Waals surface area contributed by atoms with E-state index in [1.807, 2.05) is 92.0 Å². The van der Waals surface area contributed by atoms with Crippen molar-refractivity contribution in [3.63, 3.8) is 0 Å². The van der Waals surface area contributed by atoms with Crippen molar-refractivity contribution in [1.29, 1.82) is 0 Å². The van der Waals surface area contributed by atoms with Crippen molar-refractivity contribution >= 4 is 27.7 Å². The van der Waals surface area contributed by atoms with Crippen LogP contribution >= 0.6 is 11.8 Å². The molecule has 2 atom stereocenters. The molecule has 1 amide bonds. The number of benzene rings is 3. The predicted octanol–water partition coefficient (Wildman–Crippen LogP) is 5.39. The van der Waals surface area contributed by atoms with Crippen LogP contribution in [0.5, 0.6) is 0 Å². The fraction of sp³-hybridized carbons (Fsp3) is 0.258. The van der Waals surface area contributed by atoms with E-state index < -0.39 is 15.4 Å². The van der Waals surface area contributed by atoms with Crippen LogP contribution in [0.3, 0.4) is 0 Å². The second kappa shape index (κ2) is 12.9. The van der Waals surface area contributed by atoms with Gasteiger partial charge in [-0.1, -0.05) is 72.8 Å². The normalized spacial score (nSPS) is 16.7. The van der Waals surface area contributed by atoms with E-state index in [0.29, 0.717) is 25.3 Å². The molecule has 1 aliphatic heterocycles. The molecule has 7 nitrogen and oxygen atoms in total. The molecule has 0 spiro atoms. The van der Waals surface area contributed by atoms with Crippen LogP contribution in [0, 0.1) is 0 Å². The third-order valence-corrected chi connectivity index (χ3v) is 10.2. The molecule has 0 radical (unpaired) electrons. The molecule has 3 aromatic carbocycles. The minimum Gasteiger partial charge on any atom is -0.468 e. The van der Waals surface area contributed by atoms with Crippen LogP contribution in [0.2, 0.25) is 0 Å². The summed E-state index contributed by atoms with van der Waals surface area (Å²) in [5.41, 5.74) is 2.94. The molecule has 0 aliphatic carbocycles. The van der Waals surface area contributed by atoms with E-state index in [4.69, 9.17) is 4.42 Å². The molecule has 1 saturated heterocycles.